The molecule has 4 nitrogen and oxygen atoms in total. The highest BCUT2D eigenvalue weighted by Gasteiger charge is 2.22. The van der Waals surface area contributed by atoms with E-state index in [9.17, 15) is 13.8 Å². The van der Waals surface area contributed by atoms with E-state index in [1.807, 2.05) is 6.92 Å². The number of carbonyl (C=O) groups is 2. The minimum atomic E-state index is -0.927. The van der Waals surface area contributed by atoms with Crippen molar-refractivity contribution in [1.82, 2.24) is 4.90 Å². The first-order valence-corrected chi connectivity index (χ1v) is 5.52. The zero-order valence-corrected chi connectivity index (χ0v) is 8.17. The fraction of sp³-hybridized carbons (Fsp3) is 0.500. The molecule has 72 valence electrons. The lowest BCUT2D eigenvalue weighted by Gasteiger charge is -2.12. The second-order valence-corrected chi connectivity index (χ2v) is 4.46. The van der Waals surface area contributed by atoms with Gasteiger partial charge in [-0.1, -0.05) is 6.92 Å². The van der Waals surface area contributed by atoms with Crippen molar-refractivity contribution in [2.24, 2.45) is 0 Å². The number of hydrogen-bond donors (Lipinski definition) is 0. The molecule has 0 saturated heterocycles. The van der Waals surface area contributed by atoms with Gasteiger partial charge in [0.1, 0.15) is 0 Å². The summed E-state index contributed by atoms with van der Waals surface area (Å²) in [6, 6.07) is 0. The molecule has 0 fully saturated rings. The van der Waals surface area contributed by atoms with Crippen molar-refractivity contribution in [1.29, 1.82) is 0 Å². The molecule has 1 aliphatic heterocycles. The Balaban J connectivity index is 2.42. The van der Waals surface area contributed by atoms with Crippen LogP contribution in [0.25, 0.3) is 0 Å². The molecular formula is C8H11NO3S. The van der Waals surface area contributed by atoms with E-state index in [0.29, 0.717) is 11.5 Å². The molecule has 0 N–H and O–H groups in total. The van der Waals surface area contributed by atoms with Crippen LogP contribution in [0.5, 0.6) is 0 Å². The molecule has 5 heteroatoms. The molecule has 0 aromatic carbocycles. The third-order valence-electron chi connectivity index (χ3n) is 1.77. The Labute approximate surface area is 79.1 Å². The molecule has 1 atom stereocenters. The van der Waals surface area contributed by atoms with Crippen LogP contribution in [0.15, 0.2) is 12.2 Å². The summed E-state index contributed by atoms with van der Waals surface area (Å²) >= 11 is 0. The molecular weight excluding hydrogens is 190 g/mol. The second-order valence-electron chi connectivity index (χ2n) is 2.59. The van der Waals surface area contributed by atoms with E-state index in [4.69, 9.17) is 0 Å². The summed E-state index contributed by atoms with van der Waals surface area (Å²) in [7, 11) is -0.927. The molecule has 13 heavy (non-hydrogen) atoms. The van der Waals surface area contributed by atoms with Crippen molar-refractivity contribution in [3.05, 3.63) is 12.2 Å². The summed E-state index contributed by atoms with van der Waals surface area (Å²) < 4.78 is 11.0. The van der Waals surface area contributed by atoms with Crippen molar-refractivity contribution >= 4 is 22.6 Å². The molecule has 1 unspecified atom stereocenters. The highest BCUT2D eigenvalue weighted by atomic mass is 32.2. The third kappa shape index (κ3) is 2.48. The molecule has 0 aliphatic carbocycles. The predicted octanol–water partition coefficient (Wildman–Crippen LogP) is -0.320. The minimum absolute atomic E-state index is 0.255. The van der Waals surface area contributed by atoms with Gasteiger partial charge in [0.05, 0.1) is 0 Å². The van der Waals surface area contributed by atoms with Gasteiger partial charge in [-0.25, -0.2) is 0 Å². The maximum atomic E-state index is 11.0. The number of carbonyl (C=O) groups excluding carboxylic acids is 2. The van der Waals surface area contributed by atoms with Crippen LogP contribution in [0.2, 0.25) is 0 Å². The third-order valence-corrected chi connectivity index (χ3v) is 3.05. The Bertz CT molecular complexity index is 267. The highest BCUT2D eigenvalue weighted by molar-refractivity contribution is 7.84. The van der Waals surface area contributed by atoms with E-state index in [1.54, 1.807) is 0 Å². The van der Waals surface area contributed by atoms with Crippen LogP contribution >= 0.6 is 0 Å². The summed E-state index contributed by atoms with van der Waals surface area (Å²) in [5.74, 6) is 0.315. The number of imide groups is 1. The summed E-state index contributed by atoms with van der Waals surface area (Å²) in [6.07, 6.45) is 2.47. The average Bonchev–Trinajstić information content (AvgIpc) is 2.43. The summed E-state index contributed by atoms with van der Waals surface area (Å²) in [5.41, 5.74) is 0. The van der Waals surface area contributed by atoms with Crippen LogP contribution in [0, 0.1) is 0 Å². The van der Waals surface area contributed by atoms with Gasteiger partial charge in [0.25, 0.3) is 11.8 Å². The smallest absolute Gasteiger partial charge is 0.253 e. The van der Waals surface area contributed by atoms with Gasteiger partial charge in [-0.05, 0) is 0 Å². The molecule has 0 bridgehead atoms. The molecule has 0 aromatic heterocycles. The van der Waals surface area contributed by atoms with Crippen LogP contribution < -0.4 is 0 Å². The Hall–Kier alpha value is -0.970. The molecule has 1 rings (SSSR count). The predicted molar refractivity (Wildman–Crippen MR) is 49.4 cm³/mol. The standard InChI is InChI=1S/C8H11NO3S/c1-2-13(12)6-5-9-7(10)3-4-8(9)11/h3-4H,2,5-6H2,1H3. The SMILES string of the molecule is CCS(=O)CCN1C(=O)C=CC1=O. The minimum Gasteiger partial charge on any atom is -0.274 e. The van der Waals surface area contributed by atoms with Gasteiger partial charge in [-0.2, -0.15) is 0 Å². The Morgan fingerprint density at radius 1 is 1.31 bits per heavy atom. The average molecular weight is 201 g/mol. The summed E-state index contributed by atoms with van der Waals surface area (Å²) in [6.45, 7) is 2.06. The lowest BCUT2D eigenvalue weighted by molar-refractivity contribution is -0.136. The van der Waals surface area contributed by atoms with E-state index >= 15 is 0 Å². The van der Waals surface area contributed by atoms with Crippen LogP contribution in [0.3, 0.4) is 0 Å². The van der Waals surface area contributed by atoms with Crippen molar-refractivity contribution in [2.75, 3.05) is 18.1 Å². The zero-order valence-electron chi connectivity index (χ0n) is 7.36. The van der Waals surface area contributed by atoms with E-state index in [0.717, 1.165) is 4.90 Å². The van der Waals surface area contributed by atoms with Gasteiger partial charge >= 0.3 is 0 Å². The molecule has 0 aromatic rings. The van der Waals surface area contributed by atoms with Crippen LogP contribution in [-0.2, 0) is 20.4 Å². The fourth-order valence-corrected chi connectivity index (χ4v) is 1.66. The van der Waals surface area contributed by atoms with Gasteiger partial charge in [-0.15, -0.1) is 0 Å². The maximum absolute atomic E-state index is 11.0. The van der Waals surface area contributed by atoms with Crippen molar-refractivity contribution in [2.45, 2.75) is 6.92 Å². The number of amides is 2. The van der Waals surface area contributed by atoms with Crippen molar-refractivity contribution in [3.63, 3.8) is 0 Å². The van der Waals surface area contributed by atoms with Crippen LogP contribution in [0.1, 0.15) is 6.92 Å². The first-order valence-electron chi connectivity index (χ1n) is 4.03. The van der Waals surface area contributed by atoms with Gasteiger partial charge < -0.3 is 0 Å². The lowest BCUT2D eigenvalue weighted by Crippen LogP contribution is -2.33. The van der Waals surface area contributed by atoms with E-state index in [1.165, 1.54) is 12.2 Å². The molecule has 1 heterocycles. The summed E-state index contributed by atoms with van der Waals surface area (Å²) in [4.78, 5) is 23.1. The zero-order chi connectivity index (χ0) is 9.84. The monoisotopic (exact) mass is 201 g/mol. The quantitative estimate of drug-likeness (QED) is 0.586. The van der Waals surface area contributed by atoms with Crippen LogP contribution in [-0.4, -0.2) is 39.0 Å². The Kier molecular flexibility index (Phi) is 3.36. The van der Waals surface area contributed by atoms with Crippen LogP contribution in [0.4, 0.5) is 0 Å². The summed E-state index contributed by atoms with van der Waals surface area (Å²) in [5, 5.41) is 0. The molecule has 2 amide bonds. The molecule has 1 aliphatic rings. The lowest BCUT2D eigenvalue weighted by atomic mass is 10.5. The van der Waals surface area contributed by atoms with E-state index in [-0.39, 0.29) is 18.4 Å². The fourth-order valence-electron chi connectivity index (χ4n) is 0.989. The van der Waals surface area contributed by atoms with Crippen molar-refractivity contribution < 1.29 is 13.8 Å². The Morgan fingerprint density at radius 2 is 1.85 bits per heavy atom. The highest BCUT2D eigenvalue weighted by Crippen LogP contribution is 2.02. The molecule has 0 spiro atoms. The van der Waals surface area contributed by atoms with E-state index < -0.39 is 10.8 Å². The second kappa shape index (κ2) is 4.32. The normalized spacial score (nSPS) is 18.4. The molecule has 0 radical (unpaired) electrons. The molecule has 0 saturated carbocycles. The van der Waals surface area contributed by atoms with Gasteiger partial charge in [0, 0.05) is 41.0 Å². The number of nitrogens with zero attached hydrogens (tertiary/aromatic N) is 1. The van der Waals surface area contributed by atoms with Crippen molar-refractivity contribution in [3.8, 4) is 0 Å². The Morgan fingerprint density at radius 3 is 2.31 bits per heavy atom. The first kappa shape index (κ1) is 10.1. The topological polar surface area (TPSA) is 54.5 Å². The number of hydrogen-bond acceptors (Lipinski definition) is 3. The largest absolute Gasteiger partial charge is 0.274 e. The maximum Gasteiger partial charge on any atom is 0.253 e. The van der Waals surface area contributed by atoms with E-state index in [2.05, 4.69) is 0 Å². The van der Waals surface area contributed by atoms with Gasteiger partial charge in [-0.3, -0.25) is 18.7 Å². The van der Waals surface area contributed by atoms with Gasteiger partial charge in [0.2, 0.25) is 0 Å². The van der Waals surface area contributed by atoms with Gasteiger partial charge in [0.15, 0.2) is 0 Å². The first-order chi connectivity index (χ1) is 6.15. The number of rotatable bonds is 4.